The molecule has 0 radical (unpaired) electrons. The molecule has 112 valence electrons. The summed E-state index contributed by atoms with van der Waals surface area (Å²) in [5.74, 6) is 0. The lowest BCUT2D eigenvalue weighted by molar-refractivity contribution is 0.588. The van der Waals surface area contributed by atoms with Gasteiger partial charge in [0.2, 0.25) is 0 Å². The van der Waals surface area contributed by atoms with Crippen LogP contribution in [0.1, 0.15) is 50.7 Å². The van der Waals surface area contributed by atoms with Crippen LogP contribution in [0, 0.1) is 0 Å². The maximum atomic E-state index is 3.71. The molecule has 2 N–H and O–H groups in total. The average Bonchev–Trinajstić information content (AvgIpc) is 3.22. The van der Waals surface area contributed by atoms with Crippen LogP contribution in [0.3, 0.4) is 0 Å². The lowest BCUT2D eigenvalue weighted by Crippen LogP contribution is -2.21. The first-order valence-electron chi connectivity index (χ1n) is 7.89. The van der Waals surface area contributed by atoms with E-state index < -0.39 is 0 Å². The number of benzene rings is 1. The molecule has 2 rings (SSSR count). The van der Waals surface area contributed by atoms with Gasteiger partial charge in [-0.3, -0.25) is 0 Å². The van der Waals surface area contributed by atoms with Gasteiger partial charge >= 0.3 is 0 Å². The number of aryl methyl sites for hydroxylation is 1. The van der Waals surface area contributed by atoms with Crippen molar-refractivity contribution in [3.05, 3.63) is 33.8 Å². The quantitative estimate of drug-likeness (QED) is 0.664. The summed E-state index contributed by atoms with van der Waals surface area (Å²) in [5.41, 5.74) is 2.79. The van der Waals surface area contributed by atoms with Crippen molar-refractivity contribution >= 4 is 15.9 Å². The molecule has 0 spiro atoms. The highest BCUT2D eigenvalue weighted by Gasteiger charge is 2.19. The van der Waals surface area contributed by atoms with Crippen LogP contribution < -0.4 is 10.6 Å². The van der Waals surface area contributed by atoms with E-state index in [1.54, 1.807) is 0 Å². The maximum absolute atomic E-state index is 3.71. The third-order valence-electron chi connectivity index (χ3n) is 3.72. The third kappa shape index (κ3) is 5.94. The summed E-state index contributed by atoms with van der Waals surface area (Å²) >= 11 is 3.71. The van der Waals surface area contributed by atoms with Gasteiger partial charge in [-0.05, 0) is 55.8 Å². The van der Waals surface area contributed by atoms with Crippen LogP contribution in [0.2, 0.25) is 0 Å². The van der Waals surface area contributed by atoms with Gasteiger partial charge in [0.15, 0.2) is 0 Å². The van der Waals surface area contributed by atoms with E-state index in [4.69, 9.17) is 0 Å². The summed E-state index contributed by atoms with van der Waals surface area (Å²) in [4.78, 5) is 0. The first kappa shape index (κ1) is 16.0. The number of hydrogen-bond donors (Lipinski definition) is 2. The van der Waals surface area contributed by atoms with E-state index in [0.29, 0.717) is 6.04 Å². The molecule has 1 fully saturated rings. The molecule has 1 aromatic rings. The molecule has 0 saturated heterocycles. The summed E-state index contributed by atoms with van der Waals surface area (Å²) in [6.07, 6.45) is 6.49. The van der Waals surface area contributed by atoms with Gasteiger partial charge in [0, 0.05) is 23.1 Å². The Balaban J connectivity index is 1.70. The molecule has 1 aromatic carbocycles. The molecule has 2 nitrogen and oxygen atoms in total. The predicted molar refractivity (Wildman–Crippen MR) is 90.1 cm³/mol. The van der Waals surface area contributed by atoms with Gasteiger partial charge < -0.3 is 10.6 Å². The second-order valence-electron chi connectivity index (χ2n) is 6.15. The van der Waals surface area contributed by atoms with E-state index >= 15 is 0 Å². The highest BCUT2D eigenvalue weighted by atomic mass is 79.9. The zero-order valence-electron chi connectivity index (χ0n) is 12.7. The second kappa shape index (κ2) is 8.16. The zero-order chi connectivity index (χ0) is 14.4. The van der Waals surface area contributed by atoms with Crippen molar-refractivity contribution in [2.75, 3.05) is 6.54 Å². The molecule has 0 unspecified atom stereocenters. The lowest BCUT2D eigenvalue weighted by atomic mass is 10.1. The summed E-state index contributed by atoms with van der Waals surface area (Å²) in [7, 11) is 0. The summed E-state index contributed by atoms with van der Waals surface area (Å²) in [6.45, 7) is 6.48. The molecular formula is C17H27BrN2. The van der Waals surface area contributed by atoms with Crippen LogP contribution >= 0.6 is 15.9 Å². The van der Waals surface area contributed by atoms with Crippen molar-refractivity contribution in [2.24, 2.45) is 0 Å². The van der Waals surface area contributed by atoms with Crippen LogP contribution in [0.15, 0.2) is 22.7 Å². The molecule has 0 atom stereocenters. The monoisotopic (exact) mass is 338 g/mol. The Bertz CT molecular complexity index is 413. The molecule has 20 heavy (non-hydrogen) atoms. The largest absolute Gasteiger partial charge is 0.314 e. The summed E-state index contributed by atoms with van der Waals surface area (Å²) < 4.78 is 1.26. The zero-order valence-corrected chi connectivity index (χ0v) is 14.3. The van der Waals surface area contributed by atoms with E-state index in [1.165, 1.54) is 54.2 Å². The van der Waals surface area contributed by atoms with Crippen molar-refractivity contribution in [2.45, 2.75) is 64.6 Å². The molecule has 1 saturated carbocycles. The van der Waals surface area contributed by atoms with Gasteiger partial charge in [-0.25, -0.2) is 0 Å². The van der Waals surface area contributed by atoms with E-state index in [0.717, 1.165) is 12.6 Å². The van der Waals surface area contributed by atoms with Gasteiger partial charge in [-0.2, -0.15) is 0 Å². The number of unbranched alkanes of at least 4 members (excludes halogenated alkanes) is 1. The van der Waals surface area contributed by atoms with E-state index in [9.17, 15) is 0 Å². The minimum absolute atomic E-state index is 0.535. The molecule has 1 aliphatic rings. The fraction of sp³-hybridized carbons (Fsp3) is 0.647. The van der Waals surface area contributed by atoms with Gasteiger partial charge in [0.1, 0.15) is 0 Å². The molecule has 0 bridgehead atoms. The van der Waals surface area contributed by atoms with Gasteiger partial charge in [0.25, 0.3) is 0 Å². The SMILES string of the molecule is CC(C)NCc1ccc(CCCCNC2CC2)c(Br)c1. The molecular weight excluding hydrogens is 312 g/mol. The van der Waals surface area contributed by atoms with Gasteiger partial charge in [-0.15, -0.1) is 0 Å². The molecule has 0 aliphatic heterocycles. The van der Waals surface area contributed by atoms with Crippen LogP contribution in [-0.2, 0) is 13.0 Å². The Morgan fingerprint density at radius 2 is 2.05 bits per heavy atom. The van der Waals surface area contributed by atoms with Crippen molar-refractivity contribution in [3.8, 4) is 0 Å². The Morgan fingerprint density at radius 3 is 2.70 bits per heavy atom. The molecule has 1 aliphatic carbocycles. The Hall–Kier alpha value is -0.380. The van der Waals surface area contributed by atoms with Crippen molar-refractivity contribution in [3.63, 3.8) is 0 Å². The van der Waals surface area contributed by atoms with Crippen LogP contribution in [0.5, 0.6) is 0 Å². The molecule has 0 aromatic heterocycles. The summed E-state index contributed by atoms with van der Waals surface area (Å²) in [6, 6.07) is 8.16. The smallest absolute Gasteiger partial charge is 0.0210 e. The van der Waals surface area contributed by atoms with E-state index in [2.05, 4.69) is 58.6 Å². The van der Waals surface area contributed by atoms with Crippen molar-refractivity contribution in [1.82, 2.24) is 10.6 Å². The van der Waals surface area contributed by atoms with Gasteiger partial charge in [-0.1, -0.05) is 41.9 Å². The first-order valence-corrected chi connectivity index (χ1v) is 8.68. The van der Waals surface area contributed by atoms with Crippen molar-refractivity contribution in [1.29, 1.82) is 0 Å². The standard InChI is InChI=1S/C17H27BrN2/c1-13(2)20-12-14-6-7-15(17(18)11-14)5-3-4-10-19-16-8-9-16/h6-7,11,13,16,19-20H,3-5,8-10,12H2,1-2H3. The second-order valence-corrected chi connectivity index (χ2v) is 7.00. The van der Waals surface area contributed by atoms with Crippen molar-refractivity contribution < 1.29 is 0 Å². The molecule has 0 heterocycles. The maximum Gasteiger partial charge on any atom is 0.0210 e. The van der Waals surface area contributed by atoms with Crippen LogP contribution in [0.4, 0.5) is 0 Å². The Labute approximate surface area is 131 Å². The average molecular weight is 339 g/mol. The predicted octanol–water partition coefficient (Wildman–Crippen LogP) is 4.02. The van der Waals surface area contributed by atoms with Crippen LogP contribution in [0.25, 0.3) is 0 Å². The lowest BCUT2D eigenvalue weighted by Gasteiger charge is -2.11. The fourth-order valence-electron chi connectivity index (χ4n) is 2.26. The highest BCUT2D eigenvalue weighted by Crippen LogP contribution is 2.21. The third-order valence-corrected chi connectivity index (χ3v) is 4.45. The number of halogens is 1. The fourth-order valence-corrected chi connectivity index (χ4v) is 2.88. The topological polar surface area (TPSA) is 24.1 Å². The molecule has 3 heteroatoms. The minimum atomic E-state index is 0.535. The van der Waals surface area contributed by atoms with E-state index in [-0.39, 0.29) is 0 Å². The molecule has 0 amide bonds. The number of rotatable bonds is 9. The Morgan fingerprint density at radius 1 is 1.25 bits per heavy atom. The Kier molecular flexibility index (Phi) is 6.53. The van der Waals surface area contributed by atoms with E-state index in [1.807, 2.05) is 0 Å². The highest BCUT2D eigenvalue weighted by molar-refractivity contribution is 9.10. The normalized spacial score (nSPS) is 15.0. The summed E-state index contributed by atoms with van der Waals surface area (Å²) in [5, 5.41) is 7.03. The first-order chi connectivity index (χ1) is 9.65. The van der Waals surface area contributed by atoms with Gasteiger partial charge in [0.05, 0.1) is 0 Å². The van der Waals surface area contributed by atoms with Crippen LogP contribution in [-0.4, -0.2) is 18.6 Å². The minimum Gasteiger partial charge on any atom is -0.314 e. The number of hydrogen-bond acceptors (Lipinski definition) is 2. The number of nitrogens with one attached hydrogen (secondary N) is 2.